The summed E-state index contributed by atoms with van der Waals surface area (Å²) in [6.45, 7) is 0. The van der Waals surface area contributed by atoms with Gasteiger partial charge < -0.3 is 0 Å². The molecule has 0 fully saturated rings. The largest absolute Gasteiger partial charge is 0.204 e. The first kappa shape index (κ1) is 9.59. The molecule has 0 saturated carbocycles. The fourth-order valence-electron chi connectivity index (χ4n) is 0.953. The average Bonchev–Trinajstić information content (AvgIpc) is 2.10. The molecule has 0 atom stereocenters. The lowest BCUT2D eigenvalue weighted by molar-refractivity contribution is 0.445. The van der Waals surface area contributed by atoms with E-state index in [1.54, 1.807) is 0 Å². The second-order valence-electron chi connectivity index (χ2n) is 2.53. The number of rotatable bonds is 2. The molecule has 0 heterocycles. The Morgan fingerprint density at radius 2 is 1.69 bits per heavy atom. The van der Waals surface area contributed by atoms with Crippen LogP contribution < -0.4 is 0 Å². The van der Waals surface area contributed by atoms with Crippen molar-refractivity contribution in [2.24, 2.45) is 0 Å². The Morgan fingerprint density at radius 1 is 1.15 bits per heavy atom. The van der Waals surface area contributed by atoms with Gasteiger partial charge in [0.15, 0.2) is 17.5 Å². The molecule has 1 aromatic carbocycles. The number of aryl methyl sites for hydroxylation is 1. The summed E-state index contributed by atoms with van der Waals surface area (Å²) in [6, 6.07) is 3.63. The Labute approximate surface area is 73.4 Å². The molecular weight excluding hydrogens is 179 g/mol. The van der Waals surface area contributed by atoms with Gasteiger partial charge in [0.1, 0.15) is 0 Å². The Morgan fingerprint density at radius 3 is 2.15 bits per heavy atom. The number of hydrogen-bond acceptors (Lipinski definition) is 1. The summed E-state index contributed by atoms with van der Waals surface area (Å²) in [4.78, 5) is 0. The highest BCUT2D eigenvalue weighted by Gasteiger charge is 2.09. The van der Waals surface area contributed by atoms with Crippen LogP contribution in [-0.2, 0) is 6.42 Å². The molecule has 0 bridgehead atoms. The summed E-state index contributed by atoms with van der Waals surface area (Å²) in [6.07, 6.45) is 0.384. The van der Waals surface area contributed by atoms with Crippen LogP contribution in [0.1, 0.15) is 12.0 Å². The highest BCUT2D eigenvalue weighted by Crippen LogP contribution is 2.14. The molecule has 0 aliphatic rings. The quantitative estimate of drug-likeness (QED) is 0.649. The van der Waals surface area contributed by atoms with Crippen LogP contribution in [0.4, 0.5) is 13.2 Å². The Balaban J connectivity index is 2.94. The van der Waals surface area contributed by atoms with Gasteiger partial charge in [-0.2, -0.15) is 5.26 Å². The van der Waals surface area contributed by atoms with Gasteiger partial charge in [0, 0.05) is 6.42 Å². The lowest BCUT2D eigenvalue weighted by Gasteiger charge is -1.99. The van der Waals surface area contributed by atoms with Crippen molar-refractivity contribution in [2.45, 2.75) is 12.8 Å². The monoisotopic (exact) mass is 185 g/mol. The summed E-state index contributed by atoms with van der Waals surface area (Å²) in [5.74, 6) is -3.90. The van der Waals surface area contributed by atoms with E-state index in [2.05, 4.69) is 0 Å². The molecule has 0 aliphatic heterocycles. The molecule has 1 rings (SSSR count). The maximum Gasteiger partial charge on any atom is 0.194 e. The summed E-state index contributed by atoms with van der Waals surface area (Å²) in [5.41, 5.74) is 0.290. The fourth-order valence-corrected chi connectivity index (χ4v) is 0.953. The third-order valence-corrected chi connectivity index (χ3v) is 1.57. The van der Waals surface area contributed by atoms with Crippen molar-refractivity contribution in [3.63, 3.8) is 0 Å². The molecule has 0 spiro atoms. The Bertz CT molecular complexity index is 331. The van der Waals surface area contributed by atoms with Crippen molar-refractivity contribution in [3.8, 4) is 6.07 Å². The molecule has 0 N–H and O–H groups in total. The molecule has 0 saturated heterocycles. The Hall–Kier alpha value is -1.50. The maximum atomic E-state index is 12.6. The van der Waals surface area contributed by atoms with Gasteiger partial charge in [0.05, 0.1) is 6.07 Å². The van der Waals surface area contributed by atoms with Gasteiger partial charge in [0.2, 0.25) is 0 Å². The zero-order valence-electron chi connectivity index (χ0n) is 6.65. The zero-order chi connectivity index (χ0) is 9.84. The minimum atomic E-state index is -1.47. The normalized spacial score (nSPS) is 9.69. The number of benzene rings is 1. The third-order valence-electron chi connectivity index (χ3n) is 1.57. The van der Waals surface area contributed by atoms with Crippen molar-refractivity contribution < 1.29 is 13.2 Å². The molecule has 68 valence electrons. The van der Waals surface area contributed by atoms with E-state index in [4.69, 9.17) is 5.26 Å². The van der Waals surface area contributed by atoms with E-state index in [1.807, 2.05) is 6.07 Å². The van der Waals surface area contributed by atoms with E-state index in [0.717, 1.165) is 12.1 Å². The molecule has 13 heavy (non-hydrogen) atoms. The second kappa shape index (κ2) is 3.94. The standard InChI is InChI=1S/C9H6F3N/c10-7-4-6(2-1-3-13)5-8(11)9(7)12/h4-5H,1-2H2. The topological polar surface area (TPSA) is 23.8 Å². The van der Waals surface area contributed by atoms with E-state index in [0.29, 0.717) is 0 Å². The van der Waals surface area contributed by atoms with E-state index in [9.17, 15) is 13.2 Å². The van der Waals surface area contributed by atoms with Gasteiger partial charge in [-0.15, -0.1) is 0 Å². The highest BCUT2D eigenvalue weighted by atomic mass is 19.2. The van der Waals surface area contributed by atoms with E-state index < -0.39 is 17.5 Å². The van der Waals surface area contributed by atoms with Crippen molar-refractivity contribution in [3.05, 3.63) is 35.1 Å². The maximum absolute atomic E-state index is 12.6. The van der Waals surface area contributed by atoms with Crippen LogP contribution in [0.25, 0.3) is 0 Å². The summed E-state index contributed by atoms with van der Waals surface area (Å²) >= 11 is 0. The molecule has 1 nitrogen and oxygen atoms in total. The molecule has 0 radical (unpaired) electrons. The van der Waals surface area contributed by atoms with E-state index in [-0.39, 0.29) is 18.4 Å². The van der Waals surface area contributed by atoms with Gasteiger partial charge in [-0.25, -0.2) is 13.2 Å². The first-order chi connectivity index (χ1) is 6.15. The first-order valence-electron chi connectivity index (χ1n) is 3.65. The van der Waals surface area contributed by atoms with Crippen LogP contribution >= 0.6 is 0 Å². The number of hydrogen-bond donors (Lipinski definition) is 0. The lowest BCUT2D eigenvalue weighted by atomic mass is 10.1. The van der Waals surface area contributed by atoms with Gasteiger partial charge in [-0.05, 0) is 24.1 Å². The van der Waals surface area contributed by atoms with Crippen LogP contribution in [0.2, 0.25) is 0 Å². The Kier molecular flexibility index (Phi) is 2.91. The van der Waals surface area contributed by atoms with Crippen molar-refractivity contribution in [1.29, 1.82) is 5.26 Å². The van der Waals surface area contributed by atoms with Gasteiger partial charge >= 0.3 is 0 Å². The summed E-state index contributed by atoms with van der Waals surface area (Å²) in [7, 11) is 0. The fraction of sp³-hybridized carbons (Fsp3) is 0.222. The lowest BCUT2D eigenvalue weighted by Crippen LogP contribution is -1.94. The number of halogens is 3. The predicted molar refractivity (Wildman–Crippen MR) is 40.3 cm³/mol. The van der Waals surface area contributed by atoms with Crippen molar-refractivity contribution >= 4 is 0 Å². The van der Waals surface area contributed by atoms with E-state index in [1.165, 1.54) is 0 Å². The third kappa shape index (κ3) is 2.22. The van der Waals surface area contributed by atoms with Gasteiger partial charge in [0.25, 0.3) is 0 Å². The van der Waals surface area contributed by atoms with Crippen LogP contribution in [0.5, 0.6) is 0 Å². The molecule has 1 aromatic rings. The molecule has 4 heteroatoms. The van der Waals surface area contributed by atoms with E-state index >= 15 is 0 Å². The summed E-state index contributed by atoms with van der Waals surface area (Å²) in [5, 5.41) is 8.21. The molecule has 0 aliphatic carbocycles. The molecule has 0 aromatic heterocycles. The van der Waals surface area contributed by atoms with Crippen LogP contribution in [0.15, 0.2) is 12.1 Å². The second-order valence-corrected chi connectivity index (χ2v) is 2.53. The molecule has 0 unspecified atom stereocenters. The first-order valence-corrected chi connectivity index (χ1v) is 3.65. The van der Waals surface area contributed by atoms with Crippen LogP contribution in [0, 0.1) is 28.8 Å². The summed E-state index contributed by atoms with van der Waals surface area (Å²) < 4.78 is 37.6. The number of nitriles is 1. The predicted octanol–water partition coefficient (Wildman–Crippen LogP) is 2.56. The van der Waals surface area contributed by atoms with Crippen LogP contribution in [-0.4, -0.2) is 0 Å². The van der Waals surface area contributed by atoms with Crippen molar-refractivity contribution in [1.82, 2.24) is 0 Å². The highest BCUT2D eigenvalue weighted by molar-refractivity contribution is 5.19. The average molecular weight is 185 g/mol. The minimum absolute atomic E-state index is 0.157. The SMILES string of the molecule is N#CCCc1cc(F)c(F)c(F)c1. The smallest absolute Gasteiger partial charge is 0.194 e. The van der Waals surface area contributed by atoms with Crippen LogP contribution in [0.3, 0.4) is 0 Å². The number of nitrogens with zero attached hydrogens (tertiary/aromatic N) is 1. The van der Waals surface area contributed by atoms with Crippen molar-refractivity contribution in [2.75, 3.05) is 0 Å². The minimum Gasteiger partial charge on any atom is -0.204 e. The van der Waals surface area contributed by atoms with Gasteiger partial charge in [-0.3, -0.25) is 0 Å². The molecular formula is C9H6F3N. The zero-order valence-corrected chi connectivity index (χ0v) is 6.65. The molecule has 0 amide bonds. The van der Waals surface area contributed by atoms with Gasteiger partial charge in [-0.1, -0.05) is 0 Å².